The first-order chi connectivity index (χ1) is 9.45. The van der Waals surface area contributed by atoms with Gasteiger partial charge in [0.25, 0.3) is 0 Å². The Bertz CT molecular complexity index is 556. The Morgan fingerprint density at radius 3 is 2.20 bits per heavy atom. The molecule has 0 aliphatic heterocycles. The van der Waals surface area contributed by atoms with Crippen molar-refractivity contribution in [2.45, 2.75) is 25.1 Å². The molecule has 0 spiro atoms. The molecule has 0 bridgehead atoms. The quantitative estimate of drug-likeness (QED) is 0.482. The average Bonchev–Trinajstić information content (AvgIpc) is 2.37. The van der Waals surface area contributed by atoms with Crippen molar-refractivity contribution in [3.63, 3.8) is 0 Å². The highest BCUT2D eigenvalue weighted by atomic mass is 79.9. The standard InChI is InChI=1S/C17H17Br2Cl/c1-11(2)7-12-3-5-13(6-4-12)17(19)14-8-15(18)10-16(20)9-14/h3-6,8-11,17H,7H2,1-2H3. The lowest BCUT2D eigenvalue weighted by Gasteiger charge is -2.13. The van der Waals surface area contributed by atoms with Crippen molar-refractivity contribution in [3.05, 3.63) is 68.7 Å². The van der Waals surface area contributed by atoms with Crippen LogP contribution in [0.5, 0.6) is 0 Å². The van der Waals surface area contributed by atoms with E-state index in [0.717, 1.165) is 21.5 Å². The number of alkyl halides is 1. The topological polar surface area (TPSA) is 0 Å². The minimum Gasteiger partial charge on any atom is -0.0843 e. The molecule has 3 heteroatoms. The normalized spacial score (nSPS) is 12.7. The van der Waals surface area contributed by atoms with Gasteiger partial charge in [-0.2, -0.15) is 0 Å². The van der Waals surface area contributed by atoms with Gasteiger partial charge in [0.1, 0.15) is 0 Å². The zero-order valence-electron chi connectivity index (χ0n) is 11.5. The smallest absolute Gasteiger partial charge is 0.0645 e. The van der Waals surface area contributed by atoms with Gasteiger partial charge in [-0.05, 0) is 47.2 Å². The third-order valence-corrected chi connectivity index (χ3v) is 4.83. The lowest BCUT2D eigenvalue weighted by Crippen LogP contribution is -1.96. The summed E-state index contributed by atoms with van der Waals surface area (Å²) in [5.74, 6) is 0.685. The maximum absolute atomic E-state index is 6.11. The SMILES string of the molecule is CC(C)Cc1ccc(C(Br)c2cc(Cl)cc(Br)c2)cc1. The lowest BCUT2D eigenvalue weighted by molar-refractivity contribution is 0.647. The van der Waals surface area contributed by atoms with Crippen molar-refractivity contribution in [1.82, 2.24) is 0 Å². The molecule has 0 aliphatic rings. The van der Waals surface area contributed by atoms with Crippen LogP contribution in [-0.2, 0) is 6.42 Å². The molecule has 2 rings (SSSR count). The second kappa shape index (κ2) is 7.11. The maximum atomic E-state index is 6.11. The van der Waals surface area contributed by atoms with Crippen LogP contribution in [0.2, 0.25) is 5.02 Å². The first-order valence-corrected chi connectivity index (χ1v) is 8.73. The largest absolute Gasteiger partial charge is 0.0843 e. The van der Waals surface area contributed by atoms with Gasteiger partial charge in [0.05, 0.1) is 4.83 Å². The van der Waals surface area contributed by atoms with Gasteiger partial charge in [0, 0.05) is 9.50 Å². The molecule has 0 aliphatic carbocycles. The molecule has 0 saturated heterocycles. The second-order valence-electron chi connectivity index (χ2n) is 5.40. The Morgan fingerprint density at radius 2 is 1.65 bits per heavy atom. The predicted octanol–water partition coefficient (Wildman–Crippen LogP) is 6.79. The van der Waals surface area contributed by atoms with E-state index in [4.69, 9.17) is 11.6 Å². The van der Waals surface area contributed by atoms with E-state index < -0.39 is 0 Å². The van der Waals surface area contributed by atoms with E-state index in [2.05, 4.69) is 76.0 Å². The number of hydrogen-bond donors (Lipinski definition) is 0. The van der Waals surface area contributed by atoms with Crippen LogP contribution < -0.4 is 0 Å². The van der Waals surface area contributed by atoms with Crippen molar-refractivity contribution in [2.24, 2.45) is 5.92 Å². The molecule has 2 aromatic carbocycles. The minimum absolute atomic E-state index is 0.158. The molecule has 0 radical (unpaired) electrons. The zero-order valence-corrected chi connectivity index (χ0v) is 15.5. The summed E-state index contributed by atoms with van der Waals surface area (Å²) in [5.41, 5.74) is 3.78. The highest BCUT2D eigenvalue weighted by molar-refractivity contribution is 9.10. The Hall–Kier alpha value is -0.310. The van der Waals surface area contributed by atoms with E-state index in [1.54, 1.807) is 0 Å². The zero-order chi connectivity index (χ0) is 14.7. The number of halogens is 3. The Morgan fingerprint density at radius 1 is 1.00 bits per heavy atom. The summed E-state index contributed by atoms with van der Waals surface area (Å²) < 4.78 is 1.00. The first kappa shape index (κ1) is 16.1. The van der Waals surface area contributed by atoms with E-state index in [1.165, 1.54) is 11.1 Å². The highest BCUT2D eigenvalue weighted by Crippen LogP contribution is 2.34. The van der Waals surface area contributed by atoms with Crippen LogP contribution in [0.15, 0.2) is 46.9 Å². The van der Waals surface area contributed by atoms with E-state index >= 15 is 0 Å². The van der Waals surface area contributed by atoms with Crippen LogP contribution >= 0.6 is 43.5 Å². The number of benzene rings is 2. The van der Waals surface area contributed by atoms with Crippen LogP contribution in [0, 0.1) is 5.92 Å². The Balaban J connectivity index is 2.22. The van der Waals surface area contributed by atoms with Crippen LogP contribution in [0.25, 0.3) is 0 Å². The molecule has 2 aromatic rings. The summed E-state index contributed by atoms with van der Waals surface area (Å²) in [6.07, 6.45) is 1.12. The van der Waals surface area contributed by atoms with Gasteiger partial charge in [-0.3, -0.25) is 0 Å². The molecule has 0 amide bonds. The summed E-state index contributed by atoms with van der Waals surface area (Å²) in [4.78, 5) is 0.158. The maximum Gasteiger partial charge on any atom is 0.0645 e. The lowest BCUT2D eigenvalue weighted by atomic mass is 9.99. The van der Waals surface area contributed by atoms with Crippen molar-refractivity contribution in [2.75, 3.05) is 0 Å². The van der Waals surface area contributed by atoms with Crippen LogP contribution in [-0.4, -0.2) is 0 Å². The van der Waals surface area contributed by atoms with E-state index in [0.29, 0.717) is 5.92 Å². The Kier molecular flexibility index (Phi) is 5.71. The minimum atomic E-state index is 0.158. The second-order valence-corrected chi connectivity index (χ2v) is 7.67. The van der Waals surface area contributed by atoms with Gasteiger partial charge in [-0.25, -0.2) is 0 Å². The monoisotopic (exact) mass is 414 g/mol. The van der Waals surface area contributed by atoms with Gasteiger partial charge in [-0.15, -0.1) is 0 Å². The fourth-order valence-electron chi connectivity index (χ4n) is 2.21. The van der Waals surface area contributed by atoms with E-state index in [1.807, 2.05) is 12.1 Å². The summed E-state index contributed by atoms with van der Waals surface area (Å²) >= 11 is 13.4. The van der Waals surface area contributed by atoms with Gasteiger partial charge in [0.2, 0.25) is 0 Å². The molecule has 1 atom stereocenters. The van der Waals surface area contributed by atoms with Gasteiger partial charge in [-0.1, -0.05) is 81.6 Å². The number of hydrogen-bond acceptors (Lipinski definition) is 0. The third kappa shape index (κ3) is 4.34. The molecule has 106 valence electrons. The molecule has 20 heavy (non-hydrogen) atoms. The van der Waals surface area contributed by atoms with Crippen molar-refractivity contribution >= 4 is 43.5 Å². The molecule has 0 heterocycles. The van der Waals surface area contributed by atoms with Crippen LogP contribution in [0.3, 0.4) is 0 Å². The molecule has 1 unspecified atom stereocenters. The van der Waals surface area contributed by atoms with E-state index in [9.17, 15) is 0 Å². The van der Waals surface area contributed by atoms with Crippen molar-refractivity contribution in [1.29, 1.82) is 0 Å². The highest BCUT2D eigenvalue weighted by Gasteiger charge is 2.12. The third-order valence-electron chi connectivity index (χ3n) is 3.09. The summed E-state index contributed by atoms with van der Waals surface area (Å²) in [6.45, 7) is 4.48. The number of rotatable bonds is 4. The molecular weight excluding hydrogens is 399 g/mol. The molecule has 0 nitrogen and oxygen atoms in total. The summed E-state index contributed by atoms with van der Waals surface area (Å²) in [7, 11) is 0. The molecule has 0 N–H and O–H groups in total. The van der Waals surface area contributed by atoms with Crippen molar-refractivity contribution < 1.29 is 0 Å². The van der Waals surface area contributed by atoms with Crippen molar-refractivity contribution in [3.8, 4) is 0 Å². The first-order valence-electron chi connectivity index (χ1n) is 6.64. The molecule has 0 saturated carbocycles. The van der Waals surface area contributed by atoms with Gasteiger partial charge in [0.15, 0.2) is 0 Å². The Labute approximate surface area is 142 Å². The molecular formula is C17H17Br2Cl. The van der Waals surface area contributed by atoms with Crippen LogP contribution in [0.4, 0.5) is 0 Å². The average molecular weight is 417 g/mol. The molecule has 0 fully saturated rings. The molecule has 0 aromatic heterocycles. The summed E-state index contributed by atoms with van der Waals surface area (Å²) in [5, 5.41) is 0.746. The van der Waals surface area contributed by atoms with Gasteiger partial charge >= 0.3 is 0 Å². The van der Waals surface area contributed by atoms with E-state index in [-0.39, 0.29) is 4.83 Å². The fourth-order valence-corrected chi connectivity index (χ4v) is 3.66. The van der Waals surface area contributed by atoms with Gasteiger partial charge < -0.3 is 0 Å². The fraction of sp³-hybridized carbons (Fsp3) is 0.294. The van der Waals surface area contributed by atoms with Crippen LogP contribution in [0.1, 0.15) is 35.4 Å². The summed E-state index contributed by atoms with van der Waals surface area (Å²) in [6, 6.07) is 14.8. The predicted molar refractivity (Wildman–Crippen MR) is 94.9 cm³/mol.